The quantitative estimate of drug-likeness (QED) is 0.867. The molecule has 1 aliphatic heterocycles. The molecule has 1 aliphatic rings. The van der Waals surface area contributed by atoms with Crippen LogP contribution in [0, 0.1) is 0 Å². The maximum absolute atomic E-state index is 5.43. The van der Waals surface area contributed by atoms with Crippen molar-refractivity contribution in [3.05, 3.63) is 24.1 Å². The molecular formula is C15H23N5O. The van der Waals surface area contributed by atoms with Crippen LogP contribution in [0.3, 0.4) is 0 Å². The Bertz CT molecular complexity index is 610. The van der Waals surface area contributed by atoms with Gasteiger partial charge >= 0.3 is 0 Å². The summed E-state index contributed by atoms with van der Waals surface area (Å²) in [5.74, 6) is 2.52. The van der Waals surface area contributed by atoms with E-state index in [1.54, 1.807) is 0 Å². The minimum absolute atomic E-state index is 0.111. The maximum atomic E-state index is 5.43. The number of nitrogens with zero attached hydrogens (tertiary/aromatic N) is 5. The van der Waals surface area contributed by atoms with E-state index in [0.717, 1.165) is 37.6 Å². The second kappa shape index (κ2) is 5.16. The molecule has 0 bridgehead atoms. The Hall–Kier alpha value is -1.85. The third-order valence-corrected chi connectivity index (χ3v) is 4.03. The highest BCUT2D eigenvalue weighted by Gasteiger charge is 2.31. The van der Waals surface area contributed by atoms with Gasteiger partial charge in [0.05, 0.1) is 0 Å². The molecule has 6 nitrogen and oxygen atoms in total. The molecule has 3 heterocycles. The first kappa shape index (κ1) is 14.1. The van der Waals surface area contributed by atoms with Crippen molar-refractivity contribution in [1.29, 1.82) is 0 Å². The van der Waals surface area contributed by atoms with Crippen LogP contribution < -0.4 is 4.90 Å². The van der Waals surface area contributed by atoms with Crippen LogP contribution in [-0.2, 0) is 18.9 Å². The molecule has 0 aliphatic carbocycles. The topological polar surface area (TPSA) is 60.0 Å². The summed E-state index contributed by atoms with van der Waals surface area (Å²) in [5.41, 5.74) is -0.111. The summed E-state index contributed by atoms with van der Waals surface area (Å²) in [6.07, 6.45) is 7.06. The molecule has 2 aromatic heterocycles. The molecule has 3 rings (SSSR count). The van der Waals surface area contributed by atoms with Gasteiger partial charge in [-0.15, -0.1) is 0 Å². The highest BCUT2D eigenvalue weighted by Crippen LogP contribution is 2.28. The van der Waals surface area contributed by atoms with Crippen molar-refractivity contribution in [3.8, 4) is 0 Å². The minimum atomic E-state index is -0.111. The Labute approximate surface area is 125 Å². The van der Waals surface area contributed by atoms with Gasteiger partial charge in [0.25, 0.3) is 5.95 Å². The molecule has 0 amide bonds. The molecule has 0 radical (unpaired) electrons. The first-order chi connectivity index (χ1) is 9.95. The van der Waals surface area contributed by atoms with Crippen LogP contribution in [0.15, 0.2) is 16.9 Å². The lowest BCUT2D eigenvalue weighted by atomic mass is 9.97. The lowest BCUT2D eigenvalue weighted by Crippen LogP contribution is -2.32. The fourth-order valence-corrected chi connectivity index (χ4v) is 2.75. The van der Waals surface area contributed by atoms with Crippen LogP contribution in [0.4, 0.5) is 5.95 Å². The third-order valence-electron chi connectivity index (χ3n) is 4.03. The maximum Gasteiger partial charge on any atom is 0.266 e. The van der Waals surface area contributed by atoms with Crippen LogP contribution in [0.1, 0.15) is 45.3 Å². The molecule has 1 atom stereocenters. The second-order valence-corrected chi connectivity index (χ2v) is 6.80. The molecule has 0 spiro atoms. The summed E-state index contributed by atoms with van der Waals surface area (Å²) in [4.78, 5) is 11.3. The van der Waals surface area contributed by atoms with Crippen molar-refractivity contribution in [1.82, 2.24) is 19.7 Å². The average Bonchev–Trinajstić information content (AvgIpc) is 3.10. The Balaban J connectivity index is 1.78. The molecule has 21 heavy (non-hydrogen) atoms. The van der Waals surface area contributed by atoms with E-state index in [1.165, 1.54) is 0 Å². The highest BCUT2D eigenvalue weighted by atomic mass is 16.5. The fourth-order valence-electron chi connectivity index (χ4n) is 2.75. The fraction of sp³-hybridized carbons (Fsp3) is 0.667. The molecule has 6 heteroatoms. The number of hydrogen-bond donors (Lipinski definition) is 0. The van der Waals surface area contributed by atoms with Gasteiger partial charge < -0.3 is 14.0 Å². The van der Waals surface area contributed by atoms with Gasteiger partial charge in [-0.25, -0.2) is 4.98 Å². The number of rotatable bonds is 3. The van der Waals surface area contributed by atoms with E-state index in [2.05, 4.69) is 45.4 Å². The summed E-state index contributed by atoms with van der Waals surface area (Å²) in [6, 6.07) is 0.400. The Morgan fingerprint density at radius 3 is 2.81 bits per heavy atom. The van der Waals surface area contributed by atoms with Gasteiger partial charge in [0.1, 0.15) is 5.82 Å². The Morgan fingerprint density at radius 1 is 1.38 bits per heavy atom. The zero-order chi connectivity index (χ0) is 15.0. The zero-order valence-electron chi connectivity index (χ0n) is 13.2. The zero-order valence-corrected chi connectivity index (χ0v) is 13.2. The lowest BCUT2D eigenvalue weighted by molar-refractivity contribution is 0.320. The first-order valence-corrected chi connectivity index (χ1v) is 7.52. The van der Waals surface area contributed by atoms with Crippen molar-refractivity contribution in [2.75, 3.05) is 11.4 Å². The molecule has 114 valence electrons. The van der Waals surface area contributed by atoms with Gasteiger partial charge in [-0.3, -0.25) is 0 Å². The lowest BCUT2D eigenvalue weighted by Gasteiger charge is -2.22. The molecule has 1 fully saturated rings. The largest absolute Gasteiger partial charge is 0.338 e. The van der Waals surface area contributed by atoms with Crippen LogP contribution in [-0.4, -0.2) is 32.3 Å². The van der Waals surface area contributed by atoms with E-state index in [1.807, 2.05) is 19.4 Å². The Morgan fingerprint density at radius 2 is 2.19 bits per heavy atom. The van der Waals surface area contributed by atoms with E-state index < -0.39 is 0 Å². The Kier molecular flexibility index (Phi) is 3.47. The number of aromatic nitrogens is 4. The van der Waals surface area contributed by atoms with Crippen molar-refractivity contribution >= 4 is 5.95 Å². The van der Waals surface area contributed by atoms with Crippen LogP contribution >= 0.6 is 0 Å². The number of hydrogen-bond acceptors (Lipinski definition) is 5. The highest BCUT2D eigenvalue weighted by molar-refractivity contribution is 5.33. The first-order valence-electron chi connectivity index (χ1n) is 7.52. The van der Waals surface area contributed by atoms with Gasteiger partial charge in [-0.1, -0.05) is 20.8 Å². The van der Waals surface area contributed by atoms with Gasteiger partial charge in [-0.05, 0) is 18.0 Å². The van der Waals surface area contributed by atoms with Gasteiger partial charge in [-0.2, -0.15) is 4.98 Å². The van der Waals surface area contributed by atoms with Crippen molar-refractivity contribution in [2.45, 2.75) is 51.5 Å². The molecule has 0 unspecified atom stereocenters. The molecule has 0 aromatic carbocycles. The van der Waals surface area contributed by atoms with Crippen LogP contribution in [0.5, 0.6) is 0 Å². The molecule has 2 aromatic rings. The van der Waals surface area contributed by atoms with E-state index in [-0.39, 0.29) is 5.41 Å². The number of anilines is 1. The summed E-state index contributed by atoms with van der Waals surface area (Å²) < 4.78 is 7.50. The normalized spacial score (nSPS) is 19.4. The minimum Gasteiger partial charge on any atom is -0.338 e. The molecule has 0 saturated carbocycles. The second-order valence-electron chi connectivity index (χ2n) is 6.80. The third kappa shape index (κ3) is 2.80. The van der Waals surface area contributed by atoms with Gasteiger partial charge in [0.15, 0.2) is 0 Å². The number of imidazole rings is 1. The predicted octanol–water partition coefficient (Wildman–Crippen LogP) is 2.31. The molecule has 0 N–H and O–H groups in total. The molecular weight excluding hydrogens is 266 g/mol. The summed E-state index contributed by atoms with van der Waals surface area (Å²) >= 11 is 0. The van der Waals surface area contributed by atoms with Crippen molar-refractivity contribution < 1.29 is 4.52 Å². The number of aryl methyl sites for hydroxylation is 1. The van der Waals surface area contributed by atoms with Gasteiger partial charge in [0, 0.05) is 43.9 Å². The summed E-state index contributed by atoms with van der Waals surface area (Å²) in [5, 5.41) is 4.18. The van der Waals surface area contributed by atoms with E-state index >= 15 is 0 Å². The van der Waals surface area contributed by atoms with Crippen LogP contribution in [0.25, 0.3) is 0 Å². The monoisotopic (exact) mass is 289 g/mol. The average molecular weight is 289 g/mol. The van der Waals surface area contributed by atoms with Crippen LogP contribution in [0.2, 0.25) is 0 Å². The molecule has 1 saturated heterocycles. The van der Waals surface area contributed by atoms with Crippen molar-refractivity contribution in [2.24, 2.45) is 7.05 Å². The van der Waals surface area contributed by atoms with E-state index in [0.29, 0.717) is 11.9 Å². The van der Waals surface area contributed by atoms with Gasteiger partial charge in [0.2, 0.25) is 5.89 Å². The predicted molar refractivity (Wildman–Crippen MR) is 80.3 cm³/mol. The SMILES string of the molecule is Cn1ccnc1C[C@H]1CCCN1c1noc(C(C)(C)C)n1. The summed E-state index contributed by atoms with van der Waals surface area (Å²) in [6.45, 7) is 7.23. The van der Waals surface area contributed by atoms with E-state index in [4.69, 9.17) is 4.52 Å². The van der Waals surface area contributed by atoms with Crippen molar-refractivity contribution in [3.63, 3.8) is 0 Å². The summed E-state index contributed by atoms with van der Waals surface area (Å²) in [7, 11) is 2.04. The smallest absolute Gasteiger partial charge is 0.266 e. The van der Waals surface area contributed by atoms with E-state index in [9.17, 15) is 0 Å². The standard InChI is InChI=1S/C15H23N5O/c1-15(2,3)13-17-14(18-21-13)20-8-5-6-11(20)10-12-16-7-9-19(12)4/h7,9,11H,5-6,8,10H2,1-4H3/t11-/m1/s1.